The molecule has 0 spiro atoms. The average molecular weight is 401 g/mol. The molecule has 4 saturated carbocycles. The first kappa shape index (κ1) is 21.9. The molecule has 11 atom stereocenters. The van der Waals surface area contributed by atoms with Crippen LogP contribution in [0.5, 0.6) is 0 Å². The lowest BCUT2D eigenvalue weighted by molar-refractivity contribution is -0.162. The van der Waals surface area contributed by atoms with E-state index in [-0.39, 0.29) is 0 Å². The van der Waals surface area contributed by atoms with E-state index >= 15 is 0 Å². The van der Waals surface area contributed by atoms with Crippen molar-refractivity contribution in [3.8, 4) is 0 Å². The molecular formula is C28H48O. The lowest BCUT2D eigenvalue weighted by atomic mass is 9.40. The van der Waals surface area contributed by atoms with E-state index < -0.39 is 0 Å². The topological polar surface area (TPSA) is 17.1 Å². The van der Waals surface area contributed by atoms with Crippen LogP contribution in [0, 0.1) is 64.1 Å². The summed E-state index contributed by atoms with van der Waals surface area (Å²) in [7, 11) is 0. The summed E-state index contributed by atoms with van der Waals surface area (Å²) in [5.41, 5.74) is 1.11. The molecule has 9 unspecified atom stereocenters. The van der Waals surface area contributed by atoms with Gasteiger partial charge in [0.2, 0.25) is 0 Å². The van der Waals surface area contributed by atoms with Crippen molar-refractivity contribution in [2.75, 3.05) is 0 Å². The van der Waals surface area contributed by atoms with Gasteiger partial charge in [-0.1, -0.05) is 48.0 Å². The summed E-state index contributed by atoms with van der Waals surface area (Å²) in [4.78, 5) is 11.6. The fourth-order valence-corrected chi connectivity index (χ4v) is 9.79. The summed E-state index contributed by atoms with van der Waals surface area (Å²) in [6, 6.07) is 0. The van der Waals surface area contributed by atoms with E-state index in [1.54, 1.807) is 6.92 Å². The molecule has 4 rings (SSSR count). The van der Waals surface area contributed by atoms with Gasteiger partial charge in [-0.25, -0.2) is 0 Å². The SMILES string of the molecule is CC(=O)CCC(C)C1CC[C@@H]2C3C(C)C[C@@H]4CC(C)CCC4(C)C3CC(C)C12C. The molecule has 0 radical (unpaired) electrons. The van der Waals surface area contributed by atoms with Crippen molar-refractivity contribution < 1.29 is 4.79 Å². The Hall–Kier alpha value is -0.330. The Morgan fingerprint density at radius 2 is 1.72 bits per heavy atom. The Labute approximate surface area is 181 Å². The maximum Gasteiger partial charge on any atom is 0.129 e. The predicted octanol–water partition coefficient (Wildman–Crippen LogP) is 7.78. The molecule has 0 saturated heterocycles. The highest BCUT2D eigenvalue weighted by Crippen LogP contribution is 2.71. The lowest BCUT2D eigenvalue weighted by Gasteiger charge is -2.65. The van der Waals surface area contributed by atoms with Gasteiger partial charge in [0.05, 0.1) is 0 Å². The third-order valence-corrected chi connectivity index (χ3v) is 11.6. The highest BCUT2D eigenvalue weighted by atomic mass is 16.1. The monoisotopic (exact) mass is 400 g/mol. The number of hydrogen-bond acceptors (Lipinski definition) is 1. The zero-order valence-corrected chi connectivity index (χ0v) is 20.5. The Morgan fingerprint density at radius 1 is 1.00 bits per heavy atom. The lowest BCUT2D eigenvalue weighted by Crippen LogP contribution is -2.58. The number of rotatable bonds is 4. The molecule has 4 aliphatic carbocycles. The van der Waals surface area contributed by atoms with Gasteiger partial charge in [0, 0.05) is 6.42 Å². The summed E-state index contributed by atoms with van der Waals surface area (Å²) >= 11 is 0. The second kappa shape index (κ2) is 7.67. The molecule has 1 nitrogen and oxygen atoms in total. The van der Waals surface area contributed by atoms with Crippen molar-refractivity contribution in [1.82, 2.24) is 0 Å². The highest BCUT2D eigenvalue weighted by Gasteiger charge is 2.64. The quantitative estimate of drug-likeness (QED) is 0.471. The summed E-state index contributed by atoms with van der Waals surface area (Å²) in [6.45, 7) is 17.4. The molecule has 0 amide bonds. The second-order valence-electron chi connectivity index (χ2n) is 13.0. The average Bonchev–Trinajstić information content (AvgIpc) is 3.01. The number of carbonyl (C=O) groups is 1. The second-order valence-corrected chi connectivity index (χ2v) is 13.0. The van der Waals surface area contributed by atoms with Gasteiger partial charge >= 0.3 is 0 Å². The van der Waals surface area contributed by atoms with Crippen molar-refractivity contribution in [2.24, 2.45) is 64.1 Å². The van der Waals surface area contributed by atoms with Gasteiger partial charge in [0.25, 0.3) is 0 Å². The van der Waals surface area contributed by atoms with E-state index in [1.165, 1.54) is 44.9 Å². The van der Waals surface area contributed by atoms with Crippen LogP contribution in [0.3, 0.4) is 0 Å². The minimum atomic E-state index is 0.375. The molecule has 0 bridgehead atoms. The normalized spacial score (nSPS) is 52.9. The van der Waals surface area contributed by atoms with Crippen molar-refractivity contribution in [2.45, 2.75) is 106 Å². The number of fused-ring (bicyclic) bond motifs is 5. The molecule has 29 heavy (non-hydrogen) atoms. The number of ketones is 1. The first-order valence-electron chi connectivity index (χ1n) is 13.1. The summed E-state index contributed by atoms with van der Waals surface area (Å²) in [5.74, 6) is 8.41. The van der Waals surface area contributed by atoms with Crippen LogP contribution in [-0.4, -0.2) is 5.78 Å². The number of Topliss-reactive ketones (excluding diaryl/α,β-unsaturated/α-hetero) is 1. The zero-order chi connectivity index (χ0) is 21.1. The molecule has 0 N–H and O–H groups in total. The van der Waals surface area contributed by atoms with Gasteiger partial charge in [0.1, 0.15) is 5.78 Å². The van der Waals surface area contributed by atoms with Gasteiger partial charge in [-0.2, -0.15) is 0 Å². The van der Waals surface area contributed by atoms with E-state index in [2.05, 4.69) is 41.5 Å². The highest BCUT2D eigenvalue weighted by molar-refractivity contribution is 5.75. The van der Waals surface area contributed by atoms with Crippen molar-refractivity contribution in [3.63, 3.8) is 0 Å². The molecule has 4 aliphatic rings. The van der Waals surface area contributed by atoms with E-state index in [9.17, 15) is 4.79 Å². The van der Waals surface area contributed by atoms with Crippen molar-refractivity contribution in [1.29, 1.82) is 0 Å². The molecule has 0 heterocycles. The summed E-state index contributed by atoms with van der Waals surface area (Å²) in [6.07, 6.45) is 12.2. The minimum Gasteiger partial charge on any atom is -0.300 e. The molecule has 1 heteroatoms. The fourth-order valence-electron chi connectivity index (χ4n) is 9.79. The van der Waals surface area contributed by atoms with Crippen LogP contribution in [0.25, 0.3) is 0 Å². The van der Waals surface area contributed by atoms with Crippen LogP contribution in [-0.2, 0) is 4.79 Å². The summed E-state index contributed by atoms with van der Waals surface area (Å²) in [5, 5.41) is 0. The van der Waals surface area contributed by atoms with Crippen LogP contribution in [0.2, 0.25) is 0 Å². The van der Waals surface area contributed by atoms with E-state index in [0.29, 0.717) is 22.5 Å². The standard InChI is InChI=1S/C28H48O/c1-17-12-13-27(6)22(14-17)15-19(3)26-24-11-10-23(18(2)8-9-21(5)29)28(24,7)20(4)16-25(26)27/h17-20,22-26H,8-16H2,1-7H3/t17?,18?,19?,20?,22-,23?,24+,25?,26?,27?,28?/m0/s1. The summed E-state index contributed by atoms with van der Waals surface area (Å²) < 4.78 is 0. The molecule has 4 fully saturated rings. The van der Waals surface area contributed by atoms with Crippen molar-refractivity contribution >= 4 is 5.78 Å². The number of carbonyl (C=O) groups excluding carboxylic acids is 1. The van der Waals surface area contributed by atoms with Crippen LogP contribution in [0.1, 0.15) is 106 Å². The maximum absolute atomic E-state index is 11.6. The third kappa shape index (κ3) is 3.36. The van der Waals surface area contributed by atoms with Crippen LogP contribution in [0.15, 0.2) is 0 Å². The van der Waals surface area contributed by atoms with E-state index in [1.807, 2.05) is 0 Å². The minimum absolute atomic E-state index is 0.375. The van der Waals surface area contributed by atoms with Gasteiger partial charge in [-0.15, -0.1) is 0 Å². The van der Waals surface area contributed by atoms with E-state index in [4.69, 9.17) is 0 Å². The molecule has 166 valence electrons. The molecule has 0 aromatic rings. The largest absolute Gasteiger partial charge is 0.300 e. The van der Waals surface area contributed by atoms with Gasteiger partial charge < -0.3 is 4.79 Å². The maximum atomic E-state index is 11.6. The Balaban J connectivity index is 1.61. The molecular weight excluding hydrogens is 352 g/mol. The fraction of sp³-hybridized carbons (Fsp3) is 0.964. The first-order chi connectivity index (χ1) is 13.6. The Bertz CT molecular complexity index is 624. The van der Waals surface area contributed by atoms with Gasteiger partial charge in [0.15, 0.2) is 0 Å². The zero-order valence-electron chi connectivity index (χ0n) is 20.5. The molecule has 0 aromatic heterocycles. The Kier molecular flexibility index (Phi) is 5.79. The van der Waals surface area contributed by atoms with Gasteiger partial charge in [-0.05, 0) is 116 Å². The first-order valence-corrected chi connectivity index (χ1v) is 13.1. The van der Waals surface area contributed by atoms with Gasteiger partial charge in [-0.3, -0.25) is 0 Å². The van der Waals surface area contributed by atoms with Crippen LogP contribution < -0.4 is 0 Å². The van der Waals surface area contributed by atoms with E-state index in [0.717, 1.165) is 60.2 Å². The smallest absolute Gasteiger partial charge is 0.129 e. The molecule has 0 aliphatic heterocycles. The van der Waals surface area contributed by atoms with Crippen molar-refractivity contribution in [3.05, 3.63) is 0 Å². The predicted molar refractivity (Wildman–Crippen MR) is 123 cm³/mol. The third-order valence-electron chi connectivity index (χ3n) is 11.6. The number of hydrogen-bond donors (Lipinski definition) is 0. The Morgan fingerprint density at radius 3 is 2.41 bits per heavy atom. The van der Waals surface area contributed by atoms with Crippen LogP contribution >= 0.6 is 0 Å². The van der Waals surface area contributed by atoms with Crippen LogP contribution in [0.4, 0.5) is 0 Å². The molecule has 0 aromatic carbocycles.